The molecule has 3 fully saturated rings. The summed E-state index contributed by atoms with van der Waals surface area (Å²) < 4.78 is 32.4. The van der Waals surface area contributed by atoms with Crippen LogP contribution in [0.3, 0.4) is 0 Å². The fraction of sp³-hybridized carbons (Fsp3) is 0.703. The molecule has 12 nitrogen and oxygen atoms in total. The highest BCUT2D eigenvalue weighted by Gasteiger charge is 2.72. The maximum Gasteiger partial charge on any atom is 0.320 e. The van der Waals surface area contributed by atoms with Crippen molar-refractivity contribution in [3.63, 3.8) is 0 Å². The molecule has 0 aromatic heterocycles. The first kappa shape index (κ1) is 45.5. The Hall–Kier alpha value is -2.62. The number of fused-ring (bicyclic) bond motifs is 1. The number of carboxylic acids is 2. The molecule has 1 saturated heterocycles. The average Bonchev–Trinajstić information content (AvgIpc) is 3.58. The number of esters is 1. The highest BCUT2D eigenvalue weighted by Crippen LogP contribution is 2.70. The van der Waals surface area contributed by atoms with Crippen LogP contribution in [0, 0.1) is 22.7 Å². The molecule has 4 N–H and O–H groups in total. The third-order valence-electron chi connectivity index (χ3n) is 10.7. The van der Waals surface area contributed by atoms with Crippen LogP contribution in [0.25, 0.3) is 0 Å². The largest absolute Gasteiger partial charge is 0.481 e. The minimum atomic E-state index is -3.60. The van der Waals surface area contributed by atoms with Gasteiger partial charge in [-0.3, -0.25) is 24.2 Å². The molecule has 1 aliphatic heterocycles. The second-order valence-corrected chi connectivity index (χ2v) is 17.0. The number of aliphatic imine (C=N–C) groups is 1. The summed E-state index contributed by atoms with van der Waals surface area (Å²) >= 11 is 8.49. The number of nitrogens with zero attached hydrogens (tertiary/aromatic N) is 2. The number of nitrogens with two attached hydrogens (primary N) is 1. The van der Waals surface area contributed by atoms with Crippen LogP contribution in [-0.2, 0) is 40.5 Å². The normalized spacial score (nSPS) is 23.4. The van der Waals surface area contributed by atoms with Gasteiger partial charge in [-0.15, -0.1) is 0 Å². The monoisotopic (exact) mass is 785 g/mol. The van der Waals surface area contributed by atoms with Crippen molar-refractivity contribution < 1.29 is 42.5 Å². The minimum absolute atomic E-state index is 0.0371. The first-order valence-corrected chi connectivity index (χ1v) is 21.1. The second kappa shape index (κ2) is 20.7. The number of thiol groups is 2. The SMILES string of the molecule is CCC[C@H](CC(=O)OCc1ccccc1)C(=O)O.CCC[C@H](N)C(=O)O.CCC[C@H](N=C(CS)CS)C(=O)N1C2CC3CC[C@]2(CS1(=O)=O)C3(C)C. The molecule has 0 radical (unpaired) electrons. The molecule has 4 rings (SSSR count). The van der Waals surface area contributed by atoms with Gasteiger partial charge in [0.1, 0.15) is 18.7 Å². The number of aliphatic carboxylic acids is 2. The van der Waals surface area contributed by atoms with Gasteiger partial charge < -0.3 is 20.7 Å². The highest BCUT2D eigenvalue weighted by molar-refractivity contribution is 7.90. The van der Waals surface area contributed by atoms with Crippen molar-refractivity contribution in [2.45, 2.75) is 124 Å². The molecule has 1 amide bonds. The highest BCUT2D eigenvalue weighted by atomic mass is 32.2. The number of carbonyl (C=O) groups is 4. The number of amides is 1. The Labute approximate surface area is 320 Å². The predicted octanol–water partition coefficient (Wildman–Crippen LogP) is 5.64. The van der Waals surface area contributed by atoms with E-state index in [1.165, 1.54) is 4.31 Å². The van der Waals surface area contributed by atoms with Gasteiger partial charge in [0.2, 0.25) is 10.0 Å². The molecule has 52 heavy (non-hydrogen) atoms. The summed E-state index contributed by atoms with van der Waals surface area (Å²) in [6, 6.07) is 7.80. The van der Waals surface area contributed by atoms with Crippen LogP contribution in [0.15, 0.2) is 35.3 Å². The number of carbonyl (C=O) groups excluding carboxylic acids is 2. The minimum Gasteiger partial charge on any atom is -0.481 e. The molecular formula is C37H59N3O9S3. The number of hydrogen-bond donors (Lipinski definition) is 5. The Kier molecular flexibility index (Phi) is 18.2. The topological polar surface area (TPSA) is 194 Å². The Morgan fingerprint density at radius 2 is 1.58 bits per heavy atom. The molecule has 2 saturated carbocycles. The van der Waals surface area contributed by atoms with Crippen molar-refractivity contribution in [3.8, 4) is 0 Å². The van der Waals surface area contributed by atoms with Gasteiger partial charge in [0.25, 0.3) is 5.91 Å². The van der Waals surface area contributed by atoms with E-state index in [-0.39, 0.29) is 41.6 Å². The molecule has 3 aliphatic rings. The summed E-state index contributed by atoms with van der Waals surface area (Å²) in [5.41, 5.74) is 6.42. The van der Waals surface area contributed by atoms with Crippen LogP contribution in [0.2, 0.25) is 0 Å². The van der Waals surface area contributed by atoms with Gasteiger partial charge in [-0.05, 0) is 55.4 Å². The molecular weight excluding hydrogens is 727 g/mol. The smallest absolute Gasteiger partial charge is 0.320 e. The Morgan fingerprint density at radius 1 is 0.981 bits per heavy atom. The Morgan fingerprint density at radius 3 is 2.06 bits per heavy atom. The van der Waals surface area contributed by atoms with Crippen LogP contribution in [0.5, 0.6) is 0 Å². The number of benzene rings is 1. The van der Waals surface area contributed by atoms with E-state index in [0.717, 1.165) is 49.8 Å². The fourth-order valence-corrected chi connectivity index (χ4v) is 10.8. The van der Waals surface area contributed by atoms with Crippen LogP contribution in [0.4, 0.5) is 0 Å². The Bertz CT molecular complexity index is 1480. The molecule has 1 heterocycles. The van der Waals surface area contributed by atoms with E-state index >= 15 is 0 Å². The second-order valence-electron chi connectivity index (χ2n) is 14.5. The van der Waals surface area contributed by atoms with Gasteiger partial charge in [-0.1, -0.05) is 84.2 Å². The number of hydrogen-bond acceptors (Lipinski definition) is 11. The Balaban J connectivity index is 0.000000312. The summed E-state index contributed by atoms with van der Waals surface area (Å²) in [4.78, 5) is 50.2. The molecule has 294 valence electrons. The molecule has 2 aliphatic carbocycles. The van der Waals surface area contributed by atoms with Crippen molar-refractivity contribution >= 4 is 64.8 Å². The maximum atomic E-state index is 13.3. The molecule has 1 aromatic carbocycles. The first-order valence-electron chi connectivity index (χ1n) is 18.2. The summed E-state index contributed by atoms with van der Waals surface area (Å²) in [6.45, 7) is 10.4. The summed E-state index contributed by atoms with van der Waals surface area (Å²) in [6.07, 6.45) is 6.65. The number of rotatable bonds is 16. The maximum absolute atomic E-state index is 13.3. The van der Waals surface area contributed by atoms with Gasteiger partial charge in [-0.25, -0.2) is 12.7 Å². The molecule has 2 unspecified atom stereocenters. The number of ether oxygens (including phenoxy) is 1. The number of sulfonamides is 1. The lowest BCUT2D eigenvalue weighted by atomic mass is 9.69. The van der Waals surface area contributed by atoms with Crippen molar-refractivity contribution in [1.29, 1.82) is 0 Å². The van der Waals surface area contributed by atoms with Gasteiger partial charge >= 0.3 is 17.9 Å². The van der Waals surface area contributed by atoms with E-state index in [1.807, 2.05) is 51.1 Å². The molecule has 6 atom stereocenters. The lowest BCUT2D eigenvalue weighted by Gasteiger charge is -2.37. The summed E-state index contributed by atoms with van der Waals surface area (Å²) in [7, 11) is -3.60. The predicted molar refractivity (Wildman–Crippen MR) is 209 cm³/mol. The zero-order valence-corrected chi connectivity index (χ0v) is 33.8. The summed E-state index contributed by atoms with van der Waals surface area (Å²) in [5, 5.41) is 17.1. The van der Waals surface area contributed by atoms with Crippen molar-refractivity contribution in [2.24, 2.45) is 33.4 Å². The lowest BCUT2D eigenvalue weighted by molar-refractivity contribution is -0.152. The van der Waals surface area contributed by atoms with E-state index in [0.29, 0.717) is 36.7 Å². The quantitative estimate of drug-likeness (QED) is 0.0796. The zero-order chi connectivity index (χ0) is 39.3. The molecule has 1 spiro atoms. The van der Waals surface area contributed by atoms with E-state index in [9.17, 15) is 27.6 Å². The average molecular weight is 786 g/mol. The standard InChI is InChI=1S/C18H30N2O3S3.C14H18O4.C5H11NO2/c1-4-5-14(19-13(9-24)10-25)16(21)20-15-8-12-6-7-18(15,17(12,2)3)11-26(20,22)23;1-2-6-12(14(16)17)9-13(15)18-10-11-7-4-3-5-8-11;1-2-3-4(6)5(7)8/h12,14-15,24-25H,4-11H2,1-3H3;3-5,7-8,12H,2,6,9-10H2,1H3,(H,16,17);4H,2-3,6H2,1H3,(H,7,8)/t12?,14-,15?,18+;12-;4-/m010/s1. The third-order valence-corrected chi connectivity index (χ3v) is 13.4. The molecule has 15 heteroatoms. The van der Waals surface area contributed by atoms with Gasteiger partial charge in [0, 0.05) is 22.6 Å². The van der Waals surface area contributed by atoms with Gasteiger partial charge in [0.05, 0.1) is 24.1 Å². The number of carboxylic acid groups (broad SMARTS) is 2. The molecule has 2 bridgehead atoms. The van der Waals surface area contributed by atoms with Crippen molar-refractivity contribution in [2.75, 3.05) is 17.3 Å². The third kappa shape index (κ3) is 11.4. The van der Waals surface area contributed by atoms with Gasteiger partial charge in [0.15, 0.2) is 0 Å². The van der Waals surface area contributed by atoms with E-state index < -0.39 is 45.9 Å². The van der Waals surface area contributed by atoms with Crippen molar-refractivity contribution in [3.05, 3.63) is 35.9 Å². The zero-order valence-electron chi connectivity index (χ0n) is 31.2. The van der Waals surface area contributed by atoms with E-state index in [1.54, 1.807) is 0 Å². The van der Waals surface area contributed by atoms with Crippen molar-refractivity contribution in [1.82, 2.24) is 4.31 Å². The summed E-state index contributed by atoms with van der Waals surface area (Å²) in [5.74, 6) is -1.85. The lowest BCUT2D eigenvalue weighted by Crippen LogP contribution is -2.47. The van der Waals surface area contributed by atoms with E-state index in [2.05, 4.69) is 44.1 Å². The van der Waals surface area contributed by atoms with Gasteiger partial charge in [-0.2, -0.15) is 25.3 Å². The van der Waals surface area contributed by atoms with Crippen LogP contribution in [-0.4, -0.2) is 87.8 Å². The van der Waals surface area contributed by atoms with Crippen LogP contribution < -0.4 is 5.73 Å². The fourth-order valence-electron chi connectivity index (χ4n) is 7.69. The van der Waals surface area contributed by atoms with E-state index in [4.69, 9.17) is 20.7 Å². The van der Waals surface area contributed by atoms with Crippen LogP contribution in [0.1, 0.15) is 104 Å². The first-order chi connectivity index (χ1) is 24.5. The molecule has 1 aromatic rings. The van der Waals surface area contributed by atoms with Crippen LogP contribution >= 0.6 is 25.3 Å².